The first-order valence-corrected chi connectivity index (χ1v) is 8.81. The zero-order chi connectivity index (χ0) is 18.3. The third-order valence-corrected chi connectivity index (χ3v) is 4.55. The molecule has 0 saturated heterocycles. The van der Waals surface area contributed by atoms with E-state index in [4.69, 9.17) is 5.73 Å². The number of benzene rings is 1. The van der Waals surface area contributed by atoms with Crippen molar-refractivity contribution in [2.45, 2.75) is 45.1 Å². The Labute approximate surface area is 151 Å². The maximum absolute atomic E-state index is 6.22. The van der Waals surface area contributed by atoms with E-state index in [1.165, 1.54) is 5.56 Å². The molecule has 2 rings (SSSR count). The van der Waals surface area contributed by atoms with Crippen LogP contribution in [0.4, 0.5) is 5.82 Å². The van der Waals surface area contributed by atoms with Gasteiger partial charge in [0.05, 0.1) is 12.5 Å². The van der Waals surface area contributed by atoms with Gasteiger partial charge in [-0.1, -0.05) is 49.1 Å². The highest BCUT2D eigenvalue weighted by molar-refractivity contribution is 5.39. The molecule has 4 nitrogen and oxygen atoms in total. The van der Waals surface area contributed by atoms with Gasteiger partial charge in [-0.05, 0) is 45.1 Å². The number of nitrogens with one attached hydrogen (secondary N) is 2. The molecule has 134 valence electrons. The number of anilines is 1. The molecule has 1 aromatic heterocycles. The summed E-state index contributed by atoms with van der Waals surface area (Å²) in [5.74, 6) is 1.14. The van der Waals surface area contributed by atoms with Gasteiger partial charge in [-0.25, -0.2) is 4.98 Å². The van der Waals surface area contributed by atoms with E-state index in [-0.39, 0.29) is 11.5 Å². The highest BCUT2D eigenvalue weighted by atomic mass is 15.0. The Hall–Kier alpha value is -2.33. The van der Waals surface area contributed by atoms with Gasteiger partial charge in [0.25, 0.3) is 0 Å². The summed E-state index contributed by atoms with van der Waals surface area (Å²) < 4.78 is 0. The lowest BCUT2D eigenvalue weighted by atomic mass is 9.84. The molecule has 0 radical (unpaired) electrons. The number of allylic oxidation sites excluding steroid dienone is 1. The van der Waals surface area contributed by atoms with Crippen LogP contribution in [0.3, 0.4) is 0 Å². The van der Waals surface area contributed by atoms with Crippen molar-refractivity contribution in [3.05, 3.63) is 72.8 Å². The van der Waals surface area contributed by atoms with Crippen molar-refractivity contribution in [3.8, 4) is 0 Å². The number of hydrogen-bond acceptors (Lipinski definition) is 3. The predicted molar refractivity (Wildman–Crippen MR) is 106 cm³/mol. The molecule has 4 heteroatoms. The van der Waals surface area contributed by atoms with Crippen LogP contribution in [0.5, 0.6) is 0 Å². The lowest BCUT2D eigenvalue weighted by Gasteiger charge is -2.28. The van der Waals surface area contributed by atoms with Gasteiger partial charge >= 0.3 is 0 Å². The van der Waals surface area contributed by atoms with E-state index in [1.54, 1.807) is 12.5 Å². The maximum atomic E-state index is 6.22. The van der Waals surface area contributed by atoms with Crippen molar-refractivity contribution >= 4 is 5.82 Å². The monoisotopic (exact) mass is 338 g/mol. The third-order valence-electron chi connectivity index (χ3n) is 4.55. The Morgan fingerprint density at radius 1 is 1.28 bits per heavy atom. The molecule has 0 saturated carbocycles. The zero-order valence-electron chi connectivity index (χ0n) is 15.4. The molecular weight excluding hydrogens is 308 g/mol. The number of imidazole rings is 1. The van der Waals surface area contributed by atoms with Crippen LogP contribution in [-0.4, -0.2) is 15.5 Å². The van der Waals surface area contributed by atoms with Crippen LogP contribution in [0, 0.1) is 5.92 Å². The summed E-state index contributed by atoms with van der Waals surface area (Å²) >= 11 is 0. The number of rotatable bonds is 10. The largest absolute Gasteiger partial charge is 0.344 e. The molecule has 1 heterocycles. The highest BCUT2D eigenvalue weighted by Gasteiger charge is 2.21. The molecule has 0 bridgehead atoms. The lowest BCUT2D eigenvalue weighted by molar-refractivity contribution is 0.487. The lowest BCUT2D eigenvalue weighted by Crippen LogP contribution is -2.35. The fourth-order valence-corrected chi connectivity index (χ4v) is 2.76. The first-order chi connectivity index (χ1) is 11.9. The molecule has 0 fully saturated rings. The Balaban J connectivity index is 1.97. The fraction of sp³-hybridized carbons (Fsp3) is 0.381. The number of nitrogens with two attached hydrogens (primary N) is 1. The number of aromatic amines is 1. The Morgan fingerprint density at radius 3 is 2.60 bits per heavy atom. The highest BCUT2D eigenvalue weighted by Crippen LogP contribution is 2.28. The molecule has 0 spiro atoms. The third kappa shape index (κ3) is 6.24. The predicted octanol–water partition coefficient (Wildman–Crippen LogP) is 4.66. The van der Waals surface area contributed by atoms with Gasteiger partial charge in [0.2, 0.25) is 0 Å². The van der Waals surface area contributed by atoms with Gasteiger partial charge < -0.3 is 16.0 Å². The fourth-order valence-electron chi connectivity index (χ4n) is 2.76. The zero-order valence-corrected chi connectivity index (χ0v) is 15.4. The molecule has 1 atom stereocenters. The summed E-state index contributed by atoms with van der Waals surface area (Å²) in [5.41, 5.74) is 9.22. The van der Waals surface area contributed by atoms with Crippen LogP contribution in [0.25, 0.3) is 0 Å². The molecule has 2 aromatic rings. The average molecular weight is 338 g/mol. The van der Waals surface area contributed by atoms with Crippen LogP contribution >= 0.6 is 0 Å². The van der Waals surface area contributed by atoms with Crippen molar-refractivity contribution in [1.82, 2.24) is 9.97 Å². The van der Waals surface area contributed by atoms with Crippen LogP contribution in [0.1, 0.15) is 38.7 Å². The normalized spacial score (nSPS) is 12.6. The average Bonchev–Trinajstić information content (AvgIpc) is 3.06. The van der Waals surface area contributed by atoms with Crippen LogP contribution < -0.4 is 11.1 Å². The summed E-state index contributed by atoms with van der Waals surface area (Å²) in [5, 5.41) is 3.33. The van der Waals surface area contributed by atoms with Gasteiger partial charge in [0.1, 0.15) is 5.82 Å². The first-order valence-electron chi connectivity index (χ1n) is 8.81. The SMILES string of the molecule is C=C(Nc1cnc[nH]1)C(CCCc1ccccc1)CC(=C)C(C)(C)N. The number of nitrogens with zero attached hydrogens (tertiary/aromatic N) is 1. The molecule has 25 heavy (non-hydrogen) atoms. The van der Waals surface area contributed by atoms with E-state index in [9.17, 15) is 0 Å². The van der Waals surface area contributed by atoms with Gasteiger partial charge in [0, 0.05) is 17.2 Å². The molecule has 0 amide bonds. The van der Waals surface area contributed by atoms with Crippen molar-refractivity contribution in [1.29, 1.82) is 0 Å². The van der Waals surface area contributed by atoms with Crippen LogP contribution in [0.15, 0.2) is 67.3 Å². The summed E-state index contributed by atoms with van der Waals surface area (Å²) in [6.45, 7) is 12.5. The molecule has 0 aliphatic heterocycles. The summed E-state index contributed by atoms with van der Waals surface area (Å²) in [7, 11) is 0. The number of aryl methyl sites for hydroxylation is 1. The Bertz CT molecular complexity index is 666. The van der Waals surface area contributed by atoms with Crippen LogP contribution in [-0.2, 0) is 6.42 Å². The molecule has 1 unspecified atom stereocenters. The van der Waals surface area contributed by atoms with Crippen LogP contribution in [0.2, 0.25) is 0 Å². The van der Waals surface area contributed by atoms with Gasteiger partial charge in [0.15, 0.2) is 0 Å². The van der Waals surface area contributed by atoms with Gasteiger partial charge in [-0.2, -0.15) is 0 Å². The number of aromatic nitrogens is 2. The smallest absolute Gasteiger partial charge is 0.127 e. The van der Waals surface area contributed by atoms with E-state index < -0.39 is 0 Å². The second-order valence-electron chi connectivity index (χ2n) is 7.22. The van der Waals surface area contributed by atoms with E-state index in [2.05, 4.69) is 58.8 Å². The molecule has 0 aliphatic rings. The minimum atomic E-state index is -0.383. The van der Waals surface area contributed by atoms with E-state index >= 15 is 0 Å². The summed E-state index contributed by atoms with van der Waals surface area (Å²) in [4.78, 5) is 7.10. The minimum Gasteiger partial charge on any atom is -0.344 e. The van der Waals surface area contributed by atoms with Crippen molar-refractivity contribution in [3.63, 3.8) is 0 Å². The van der Waals surface area contributed by atoms with Crippen molar-refractivity contribution in [2.24, 2.45) is 11.7 Å². The molecule has 4 N–H and O–H groups in total. The van der Waals surface area contributed by atoms with Crippen molar-refractivity contribution < 1.29 is 0 Å². The first kappa shape index (κ1) is 19.0. The van der Waals surface area contributed by atoms with E-state index in [1.807, 2.05) is 13.8 Å². The summed E-state index contributed by atoms with van der Waals surface area (Å²) in [6.07, 6.45) is 7.43. The number of hydrogen-bond donors (Lipinski definition) is 3. The van der Waals surface area contributed by atoms with Crippen molar-refractivity contribution in [2.75, 3.05) is 5.32 Å². The number of H-pyrrole nitrogens is 1. The topological polar surface area (TPSA) is 66.7 Å². The standard InChI is InChI=1S/C21H30N4/c1-16(21(3,4)22)13-19(17(2)25-20-14-23-15-24-20)12-8-11-18-9-6-5-7-10-18/h5-7,9-10,14-15,19,25H,1-2,8,11-13,22H2,3-4H3,(H,23,24). The second kappa shape index (κ2) is 8.67. The Morgan fingerprint density at radius 2 is 2.00 bits per heavy atom. The van der Waals surface area contributed by atoms with Gasteiger partial charge in [-0.3, -0.25) is 0 Å². The van der Waals surface area contributed by atoms with Gasteiger partial charge in [-0.15, -0.1) is 0 Å². The minimum absolute atomic E-state index is 0.280. The summed E-state index contributed by atoms with van der Waals surface area (Å²) in [6, 6.07) is 10.6. The van der Waals surface area contributed by atoms with E-state index in [0.29, 0.717) is 0 Å². The quantitative estimate of drug-likeness (QED) is 0.552. The molecule has 0 aliphatic carbocycles. The maximum Gasteiger partial charge on any atom is 0.127 e. The molecular formula is C21H30N4. The molecule has 1 aromatic carbocycles. The van der Waals surface area contributed by atoms with E-state index in [0.717, 1.165) is 42.8 Å². The second-order valence-corrected chi connectivity index (χ2v) is 7.22. The Kier molecular flexibility index (Phi) is 6.59.